The average Bonchev–Trinajstić information content (AvgIpc) is 3.64. The smallest absolute Gasteiger partial charge is 0.439 e. The molecule has 0 aliphatic carbocycles. The number of ether oxygens (including phenoxy) is 1. The van der Waals surface area contributed by atoms with E-state index in [4.69, 9.17) is 9.15 Å². The van der Waals surface area contributed by atoms with Crippen LogP contribution in [-0.2, 0) is 25.9 Å². The molecular formula is C25H18F4N4O4S. The normalized spacial score (nSPS) is 11.7. The predicted molar refractivity (Wildman–Crippen MR) is 129 cm³/mol. The number of aromatic amines is 1. The van der Waals surface area contributed by atoms with Gasteiger partial charge in [0.2, 0.25) is 0 Å². The van der Waals surface area contributed by atoms with E-state index < -0.39 is 23.3 Å². The van der Waals surface area contributed by atoms with E-state index in [-0.39, 0.29) is 23.7 Å². The maximum atomic E-state index is 14.6. The fourth-order valence-electron chi connectivity index (χ4n) is 3.55. The van der Waals surface area contributed by atoms with Crippen LogP contribution in [-0.4, -0.2) is 15.1 Å². The first-order valence-corrected chi connectivity index (χ1v) is 12.0. The number of H-pyrrole nitrogens is 1. The van der Waals surface area contributed by atoms with E-state index in [9.17, 15) is 22.4 Å². The van der Waals surface area contributed by atoms with Gasteiger partial charge in [-0.25, -0.2) is 14.2 Å². The number of hydrogen-bond donors (Lipinski definition) is 2. The molecule has 0 bridgehead atoms. The Kier molecular flexibility index (Phi) is 7.11. The SMILES string of the molecule is O=c1[nH]c(-c2ccc(OCc3sc(-c4ccc(C(F)(F)F)cc4)nc3CNCc3ccco3)cc2F)no1. The first-order valence-electron chi connectivity index (χ1n) is 11.1. The highest BCUT2D eigenvalue weighted by Crippen LogP contribution is 2.34. The van der Waals surface area contributed by atoms with Crippen LogP contribution in [0.1, 0.15) is 21.9 Å². The summed E-state index contributed by atoms with van der Waals surface area (Å²) in [7, 11) is 0. The third-order valence-corrected chi connectivity index (χ3v) is 6.54. The van der Waals surface area contributed by atoms with Gasteiger partial charge in [0.05, 0.1) is 34.5 Å². The van der Waals surface area contributed by atoms with Gasteiger partial charge in [-0.15, -0.1) is 11.3 Å². The van der Waals surface area contributed by atoms with Gasteiger partial charge < -0.3 is 14.5 Å². The summed E-state index contributed by atoms with van der Waals surface area (Å²) < 4.78 is 69.0. The predicted octanol–water partition coefficient (Wildman–Crippen LogP) is 5.77. The van der Waals surface area contributed by atoms with Crippen molar-refractivity contribution in [2.75, 3.05) is 0 Å². The van der Waals surface area contributed by atoms with Gasteiger partial charge in [-0.05, 0) is 36.4 Å². The summed E-state index contributed by atoms with van der Waals surface area (Å²) in [4.78, 5) is 18.7. The highest BCUT2D eigenvalue weighted by Gasteiger charge is 2.30. The molecule has 3 heterocycles. The number of nitrogens with one attached hydrogen (secondary N) is 2. The van der Waals surface area contributed by atoms with Crippen molar-refractivity contribution >= 4 is 11.3 Å². The highest BCUT2D eigenvalue weighted by atomic mass is 32.1. The molecule has 5 rings (SSSR count). The largest absolute Gasteiger partial charge is 0.488 e. The van der Waals surface area contributed by atoms with E-state index in [0.717, 1.165) is 24.0 Å². The number of aromatic nitrogens is 3. The molecule has 0 amide bonds. The molecule has 0 saturated heterocycles. The molecule has 2 N–H and O–H groups in total. The van der Waals surface area contributed by atoms with Crippen LogP contribution in [0.5, 0.6) is 5.75 Å². The third kappa shape index (κ3) is 5.84. The summed E-state index contributed by atoms with van der Waals surface area (Å²) in [5.74, 6) is -0.585. The second kappa shape index (κ2) is 10.6. The van der Waals surface area contributed by atoms with Crippen LogP contribution < -0.4 is 15.8 Å². The van der Waals surface area contributed by atoms with E-state index in [1.807, 2.05) is 6.07 Å². The second-order valence-corrected chi connectivity index (χ2v) is 9.10. The van der Waals surface area contributed by atoms with Crippen LogP contribution in [0.4, 0.5) is 17.6 Å². The second-order valence-electron chi connectivity index (χ2n) is 8.02. The lowest BCUT2D eigenvalue weighted by atomic mass is 10.1. The van der Waals surface area contributed by atoms with Crippen LogP contribution in [0.3, 0.4) is 0 Å². The maximum Gasteiger partial charge on any atom is 0.439 e. The van der Waals surface area contributed by atoms with Gasteiger partial charge in [0.1, 0.15) is 28.9 Å². The minimum Gasteiger partial charge on any atom is -0.488 e. The zero-order valence-electron chi connectivity index (χ0n) is 19.3. The van der Waals surface area contributed by atoms with Crippen LogP contribution in [0, 0.1) is 5.82 Å². The molecule has 0 fully saturated rings. The molecule has 0 aliphatic rings. The Morgan fingerprint density at radius 3 is 2.55 bits per heavy atom. The molecule has 0 atom stereocenters. The number of halogens is 4. The molecular weight excluding hydrogens is 528 g/mol. The topological polar surface area (TPSA) is 106 Å². The molecule has 13 heteroatoms. The molecule has 0 unspecified atom stereocenters. The van der Waals surface area contributed by atoms with Gasteiger partial charge in [-0.2, -0.15) is 13.2 Å². The summed E-state index contributed by atoms with van der Waals surface area (Å²) in [5.41, 5.74) is 0.447. The first-order chi connectivity index (χ1) is 18.3. The molecule has 0 radical (unpaired) electrons. The zero-order chi connectivity index (χ0) is 26.7. The maximum absolute atomic E-state index is 14.6. The summed E-state index contributed by atoms with van der Waals surface area (Å²) >= 11 is 1.26. The fraction of sp³-hybridized carbons (Fsp3) is 0.160. The minimum atomic E-state index is -4.44. The van der Waals surface area contributed by atoms with Gasteiger partial charge in [0, 0.05) is 18.2 Å². The number of alkyl halides is 3. The molecule has 2 aromatic carbocycles. The quantitative estimate of drug-likeness (QED) is 0.226. The van der Waals surface area contributed by atoms with Crippen molar-refractivity contribution in [2.45, 2.75) is 25.9 Å². The zero-order valence-corrected chi connectivity index (χ0v) is 20.2. The standard InChI is InChI=1S/C25H18F4N4O4S/c26-19-10-16(7-8-18(19)22-32-24(34)37-33-22)36-13-21-20(12-30-11-17-2-1-9-35-17)31-23(38-21)14-3-5-15(6-4-14)25(27,28)29/h1-10,30H,11-13H2,(H,32,33,34). The van der Waals surface area contributed by atoms with Crippen LogP contribution in [0.2, 0.25) is 0 Å². The molecule has 0 saturated carbocycles. The van der Waals surface area contributed by atoms with E-state index >= 15 is 0 Å². The number of benzene rings is 2. The Hall–Kier alpha value is -4.23. The van der Waals surface area contributed by atoms with Crippen LogP contribution in [0.15, 0.2) is 74.6 Å². The lowest BCUT2D eigenvalue weighted by molar-refractivity contribution is -0.137. The van der Waals surface area contributed by atoms with Gasteiger partial charge in [0.15, 0.2) is 5.82 Å². The van der Waals surface area contributed by atoms with E-state index in [0.29, 0.717) is 34.2 Å². The van der Waals surface area contributed by atoms with Crippen molar-refractivity contribution in [2.24, 2.45) is 0 Å². The summed E-state index contributed by atoms with van der Waals surface area (Å²) in [6, 6.07) is 12.4. The number of furan rings is 1. The number of hydrogen-bond acceptors (Lipinski definition) is 8. The molecule has 3 aromatic heterocycles. The van der Waals surface area contributed by atoms with Crippen molar-refractivity contribution in [1.29, 1.82) is 0 Å². The Balaban J connectivity index is 1.35. The average molecular weight is 547 g/mol. The number of rotatable bonds is 9. The lowest BCUT2D eigenvalue weighted by Crippen LogP contribution is -2.14. The van der Waals surface area contributed by atoms with Crippen molar-refractivity contribution in [3.63, 3.8) is 0 Å². The molecule has 38 heavy (non-hydrogen) atoms. The summed E-state index contributed by atoms with van der Waals surface area (Å²) in [6.45, 7) is 0.816. The monoisotopic (exact) mass is 546 g/mol. The van der Waals surface area contributed by atoms with Crippen molar-refractivity contribution < 1.29 is 31.2 Å². The van der Waals surface area contributed by atoms with Crippen molar-refractivity contribution in [3.05, 3.63) is 99.1 Å². The van der Waals surface area contributed by atoms with E-state index in [2.05, 4.69) is 25.0 Å². The lowest BCUT2D eigenvalue weighted by Gasteiger charge is -2.08. The Morgan fingerprint density at radius 1 is 1.08 bits per heavy atom. The van der Waals surface area contributed by atoms with Crippen molar-refractivity contribution in [3.8, 4) is 27.7 Å². The molecule has 0 aliphatic heterocycles. The summed E-state index contributed by atoms with van der Waals surface area (Å²) in [5, 5.41) is 7.20. The molecule has 0 spiro atoms. The number of nitrogens with zero attached hydrogens (tertiary/aromatic N) is 2. The van der Waals surface area contributed by atoms with Gasteiger partial charge >= 0.3 is 11.9 Å². The first kappa shape index (κ1) is 25.4. The fourth-order valence-corrected chi connectivity index (χ4v) is 4.55. The van der Waals surface area contributed by atoms with Crippen LogP contribution >= 0.6 is 11.3 Å². The Labute approximate surface area is 215 Å². The Morgan fingerprint density at radius 2 is 1.89 bits per heavy atom. The van der Waals surface area contributed by atoms with Gasteiger partial charge in [0.25, 0.3) is 0 Å². The summed E-state index contributed by atoms with van der Waals surface area (Å²) in [6.07, 6.45) is -2.87. The minimum absolute atomic E-state index is 0.0356. The van der Waals surface area contributed by atoms with Crippen molar-refractivity contribution in [1.82, 2.24) is 20.4 Å². The third-order valence-electron chi connectivity index (χ3n) is 5.42. The molecule has 8 nitrogen and oxygen atoms in total. The van der Waals surface area contributed by atoms with Crippen LogP contribution in [0.25, 0.3) is 22.0 Å². The van der Waals surface area contributed by atoms with E-state index in [1.165, 1.54) is 35.6 Å². The number of thiazole rings is 1. The van der Waals surface area contributed by atoms with Gasteiger partial charge in [-0.1, -0.05) is 17.3 Å². The molecule has 5 aromatic rings. The van der Waals surface area contributed by atoms with Gasteiger partial charge in [-0.3, -0.25) is 9.51 Å². The molecule has 196 valence electrons. The highest BCUT2D eigenvalue weighted by molar-refractivity contribution is 7.15. The van der Waals surface area contributed by atoms with E-state index in [1.54, 1.807) is 12.3 Å². The Bertz CT molecular complexity index is 1570.